The molecule has 0 spiro atoms. The van der Waals surface area contributed by atoms with E-state index >= 15 is 0 Å². The summed E-state index contributed by atoms with van der Waals surface area (Å²) in [6, 6.07) is 0. The molecule has 0 amide bonds. The quantitative estimate of drug-likeness (QED) is 0.715. The molecule has 0 unspecified atom stereocenters. The van der Waals surface area contributed by atoms with Gasteiger partial charge in [0.1, 0.15) is 0 Å². The molecule has 2 heteroatoms. The highest BCUT2D eigenvalue weighted by atomic mass is 32.1. The van der Waals surface area contributed by atoms with Crippen molar-refractivity contribution in [1.29, 1.82) is 0 Å². The van der Waals surface area contributed by atoms with E-state index in [1.807, 2.05) is 47.6 Å². The minimum Gasteiger partial charge on any atom is -0.197 e. The number of nitrogens with zero attached hydrogens (tertiary/aromatic N) is 1. The van der Waals surface area contributed by atoms with Crippen LogP contribution in [-0.4, -0.2) is 4.37 Å². The van der Waals surface area contributed by atoms with Crippen LogP contribution in [0.25, 0.3) is 12.2 Å². The van der Waals surface area contributed by atoms with Crippen molar-refractivity contribution >= 4 is 23.7 Å². The highest BCUT2D eigenvalue weighted by Crippen LogP contribution is 1.83. The summed E-state index contributed by atoms with van der Waals surface area (Å²) in [4.78, 5) is 0. The van der Waals surface area contributed by atoms with Crippen LogP contribution < -0.4 is 9.75 Å². The van der Waals surface area contributed by atoms with E-state index in [0.717, 1.165) is 5.69 Å². The Labute approximate surface area is 98.0 Å². The van der Waals surface area contributed by atoms with Gasteiger partial charge in [-0.1, -0.05) is 52.5 Å². The van der Waals surface area contributed by atoms with Crippen molar-refractivity contribution in [1.82, 2.24) is 4.37 Å². The molecular formula is C13H23NS. The van der Waals surface area contributed by atoms with Crippen molar-refractivity contribution in [2.75, 3.05) is 0 Å². The Morgan fingerprint density at radius 1 is 1.20 bits per heavy atom. The molecule has 1 rings (SSSR count). The number of allylic oxidation sites excluding steroid dienone is 1. The first-order valence-electron chi connectivity index (χ1n) is 5.51. The average molecular weight is 225 g/mol. The van der Waals surface area contributed by atoms with E-state index in [0.29, 0.717) is 0 Å². The zero-order valence-corrected chi connectivity index (χ0v) is 11.6. The predicted molar refractivity (Wildman–Crippen MR) is 73.6 cm³/mol. The highest BCUT2D eigenvalue weighted by molar-refractivity contribution is 7.03. The van der Waals surface area contributed by atoms with Gasteiger partial charge in [-0.3, -0.25) is 0 Å². The predicted octanol–water partition coefficient (Wildman–Crippen LogP) is 3.27. The third-order valence-electron chi connectivity index (χ3n) is 1.48. The van der Waals surface area contributed by atoms with E-state index in [-0.39, 0.29) is 0 Å². The summed E-state index contributed by atoms with van der Waals surface area (Å²) >= 11 is 1.53. The zero-order valence-electron chi connectivity index (χ0n) is 10.8. The first-order valence-corrected chi connectivity index (χ1v) is 6.28. The minimum absolute atomic E-state index is 1.09. The van der Waals surface area contributed by atoms with Crippen LogP contribution in [0.4, 0.5) is 0 Å². The largest absolute Gasteiger partial charge is 0.197 e. The Hall–Kier alpha value is -0.890. The molecule has 0 aromatic carbocycles. The van der Waals surface area contributed by atoms with E-state index in [1.54, 1.807) is 6.08 Å². The van der Waals surface area contributed by atoms with Crippen molar-refractivity contribution in [3.05, 3.63) is 28.1 Å². The van der Waals surface area contributed by atoms with Crippen LogP contribution in [-0.2, 0) is 0 Å². The van der Waals surface area contributed by atoms with Gasteiger partial charge in [-0.2, -0.15) is 4.37 Å². The summed E-state index contributed by atoms with van der Waals surface area (Å²) < 4.78 is 5.46. The van der Waals surface area contributed by atoms with Crippen molar-refractivity contribution in [2.45, 2.75) is 41.5 Å². The Kier molecular flexibility index (Phi) is 12.3. The fourth-order valence-electron chi connectivity index (χ4n) is 0.923. The van der Waals surface area contributed by atoms with Crippen LogP contribution in [0.3, 0.4) is 0 Å². The molecule has 0 aliphatic carbocycles. The number of hydrogen-bond donors (Lipinski definition) is 0. The van der Waals surface area contributed by atoms with Crippen LogP contribution in [0.2, 0.25) is 0 Å². The maximum Gasteiger partial charge on any atom is 0.0589 e. The van der Waals surface area contributed by atoms with Crippen molar-refractivity contribution in [2.24, 2.45) is 0 Å². The van der Waals surface area contributed by atoms with E-state index in [4.69, 9.17) is 0 Å². The molecule has 1 aromatic heterocycles. The van der Waals surface area contributed by atoms with E-state index in [2.05, 4.69) is 17.0 Å². The van der Waals surface area contributed by atoms with Crippen LogP contribution in [0.5, 0.6) is 0 Å². The molecule has 1 nitrogen and oxygen atoms in total. The third kappa shape index (κ3) is 5.53. The van der Waals surface area contributed by atoms with Gasteiger partial charge >= 0.3 is 0 Å². The minimum atomic E-state index is 1.09. The fourth-order valence-corrected chi connectivity index (χ4v) is 1.68. The molecule has 0 fully saturated rings. The van der Waals surface area contributed by atoms with E-state index in [9.17, 15) is 0 Å². The summed E-state index contributed by atoms with van der Waals surface area (Å²) in [7, 11) is 0. The lowest BCUT2D eigenvalue weighted by Gasteiger charge is -1.77. The van der Waals surface area contributed by atoms with Gasteiger partial charge in [0.2, 0.25) is 0 Å². The molecular weight excluding hydrogens is 202 g/mol. The summed E-state index contributed by atoms with van der Waals surface area (Å²) in [6.07, 6.45) is 5.86. The SMILES string of the molecule is C=C/C=c1/c(C)ns/c1=C/C.CC.CC. The zero-order chi connectivity index (χ0) is 12.3. The molecule has 0 bridgehead atoms. The van der Waals surface area contributed by atoms with Gasteiger partial charge in [0.05, 0.1) is 10.2 Å². The Bertz CT molecular complexity index is 360. The molecule has 0 saturated heterocycles. The van der Waals surface area contributed by atoms with Gasteiger partial charge in [-0.05, 0) is 25.4 Å². The summed E-state index contributed by atoms with van der Waals surface area (Å²) in [5, 5.41) is 1.20. The van der Waals surface area contributed by atoms with Gasteiger partial charge < -0.3 is 0 Å². The molecule has 0 saturated carbocycles. The fraction of sp³-hybridized carbons (Fsp3) is 0.462. The molecule has 0 radical (unpaired) electrons. The van der Waals surface area contributed by atoms with Crippen LogP contribution >= 0.6 is 11.5 Å². The topological polar surface area (TPSA) is 12.9 Å². The summed E-state index contributed by atoms with van der Waals surface area (Å²) in [5.41, 5.74) is 1.09. The van der Waals surface area contributed by atoms with E-state index in [1.165, 1.54) is 21.3 Å². The third-order valence-corrected chi connectivity index (χ3v) is 2.50. The van der Waals surface area contributed by atoms with E-state index < -0.39 is 0 Å². The molecule has 15 heavy (non-hydrogen) atoms. The van der Waals surface area contributed by atoms with Gasteiger partial charge in [0.15, 0.2) is 0 Å². The van der Waals surface area contributed by atoms with Crippen LogP contribution in [0.1, 0.15) is 40.3 Å². The Morgan fingerprint density at radius 2 is 1.73 bits per heavy atom. The summed E-state index contributed by atoms with van der Waals surface area (Å²) in [5.74, 6) is 0. The smallest absolute Gasteiger partial charge is 0.0589 e. The molecule has 0 aliphatic heterocycles. The first kappa shape index (κ1) is 16.5. The highest BCUT2D eigenvalue weighted by Gasteiger charge is 1.92. The molecule has 0 N–H and O–H groups in total. The lowest BCUT2D eigenvalue weighted by atomic mass is 10.3. The van der Waals surface area contributed by atoms with Gasteiger partial charge in [0.25, 0.3) is 0 Å². The van der Waals surface area contributed by atoms with Crippen molar-refractivity contribution < 1.29 is 0 Å². The molecule has 0 aliphatic rings. The maximum absolute atomic E-state index is 4.24. The summed E-state index contributed by atoms with van der Waals surface area (Å²) in [6.45, 7) is 15.7. The molecule has 86 valence electrons. The lowest BCUT2D eigenvalue weighted by molar-refractivity contribution is 1.30. The molecule has 0 atom stereocenters. The second-order valence-electron chi connectivity index (χ2n) is 2.24. The standard InChI is InChI=1S/C9H11NS.2C2H6/c1-4-6-8-7(3)10-11-9(8)5-2;2*1-2/h4-6H,1H2,2-3H3;2*1-2H3/b8-6-,9-5+;;. The van der Waals surface area contributed by atoms with Gasteiger partial charge in [-0.25, -0.2) is 0 Å². The van der Waals surface area contributed by atoms with Crippen molar-refractivity contribution in [3.63, 3.8) is 0 Å². The monoisotopic (exact) mass is 225 g/mol. The number of aryl methyl sites for hydroxylation is 1. The number of rotatable bonds is 1. The van der Waals surface area contributed by atoms with Gasteiger partial charge in [0, 0.05) is 5.22 Å². The second kappa shape index (κ2) is 11.2. The van der Waals surface area contributed by atoms with Crippen LogP contribution in [0, 0.1) is 6.92 Å². The first-order chi connectivity index (χ1) is 7.29. The molecule has 1 aromatic rings. The second-order valence-corrected chi connectivity index (χ2v) is 3.04. The molecule has 1 heterocycles. The Balaban J connectivity index is 0. The normalized spacial score (nSPS) is 11.1. The lowest BCUT2D eigenvalue weighted by Crippen LogP contribution is -2.19. The average Bonchev–Trinajstić information content (AvgIpc) is 2.66. The number of hydrogen-bond acceptors (Lipinski definition) is 2. The Morgan fingerprint density at radius 3 is 2.13 bits per heavy atom. The maximum atomic E-state index is 4.24. The van der Waals surface area contributed by atoms with Crippen LogP contribution in [0.15, 0.2) is 12.7 Å². The van der Waals surface area contributed by atoms with Gasteiger partial charge in [-0.15, -0.1) is 0 Å². The number of aromatic nitrogens is 1. The van der Waals surface area contributed by atoms with Crippen molar-refractivity contribution in [3.8, 4) is 0 Å².